The van der Waals surface area contributed by atoms with E-state index in [1.165, 1.54) is 5.56 Å². The van der Waals surface area contributed by atoms with Gasteiger partial charge in [0.05, 0.1) is 4.47 Å². The highest BCUT2D eigenvalue weighted by atomic mass is 79.9. The number of amides is 1. The van der Waals surface area contributed by atoms with Gasteiger partial charge < -0.3 is 15.4 Å². The summed E-state index contributed by atoms with van der Waals surface area (Å²) in [5, 5.41) is 6.31. The highest BCUT2D eigenvalue weighted by molar-refractivity contribution is 9.10. The second-order valence-electron chi connectivity index (χ2n) is 5.48. The number of hydrogen-bond acceptors (Lipinski definition) is 3. The lowest BCUT2D eigenvalue weighted by Crippen LogP contribution is -2.37. The van der Waals surface area contributed by atoms with E-state index in [-0.39, 0.29) is 5.91 Å². The minimum atomic E-state index is -0.481. The summed E-state index contributed by atoms with van der Waals surface area (Å²) in [7, 11) is 0. The zero-order valence-electron chi connectivity index (χ0n) is 12.6. The Bertz CT molecular complexity index is 489. The first-order chi connectivity index (χ1) is 10.1. The summed E-state index contributed by atoms with van der Waals surface area (Å²) in [6.45, 7) is 5.77. The molecular weight excluding hydrogens is 332 g/mol. The zero-order chi connectivity index (χ0) is 15.2. The smallest absolute Gasteiger partial charge is 0.260 e. The molecule has 0 spiro atoms. The number of hydrogen-bond donors (Lipinski definition) is 2. The molecule has 1 atom stereocenters. The van der Waals surface area contributed by atoms with Crippen molar-refractivity contribution < 1.29 is 9.53 Å². The average Bonchev–Trinajstić information content (AvgIpc) is 3.26. The lowest BCUT2D eigenvalue weighted by Gasteiger charge is -2.16. The maximum absolute atomic E-state index is 11.9. The van der Waals surface area contributed by atoms with Gasteiger partial charge in [0, 0.05) is 12.6 Å². The van der Waals surface area contributed by atoms with Crippen LogP contribution in [0, 0.1) is 0 Å². The predicted octanol–water partition coefficient (Wildman–Crippen LogP) is 2.99. The van der Waals surface area contributed by atoms with E-state index in [1.807, 2.05) is 18.2 Å². The first-order valence-corrected chi connectivity index (χ1v) is 8.35. The van der Waals surface area contributed by atoms with E-state index in [9.17, 15) is 4.79 Å². The summed E-state index contributed by atoms with van der Waals surface area (Å²) in [4.78, 5) is 11.9. The number of carbonyl (C=O) groups is 1. The van der Waals surface area contributed by atoms with E-state index in [2.05, 4.69) is 33.5 Å². The molecule has 1 amide bonds. The van der Waals surface area contributed by atoms with Gasteiger partial charge in [-0.05, 0) is 66.4 Å². The SMILES string of the molecule is CCCNCc1ccc(OC(C)C(=O)NC2CC2)c(Br)c1. The van der Waals surface area contributed by atoms with Crippen LogP contribution in [0.3, 0.4) is 0 Å². The Morgan fingerprint density at radius 2 is 2.24 bits per heavy atom. The number of carbonyl (C=O) groups excluding carboxylic acids is 1. The topological polar surface area (TPSA) is 50.4 Å². The Labute approximate surface area is 134 Å². The van der Waals surface area contributed by atoms with Crippen LogP contribution in [0.5, 0.6) is 5.75 Å². The van der Waals surface area contributed by atoms with Crippen molar-refractivity contribution in [1.29, 1.82) is 0 Å². The molecule has 0 bridgehead atoms. The number of nitrogens with one attached hydrogen (secondary N) is 2. The van der Waals surface area contributed by atoms with Crippen LogP contribution in [-0.4, -0.2) is 24.6 Å². The molecule has 0 heterocycles. The van der Waals surface area contributed by atoms with E-state index in [4.69, 9.17) is 4.74 Å². The van der Waals surface area contributed by atoms with Crippen molar-refractivity contribution in [3.63, 3.8) is 0 Å². The molecule has 2 N–H and O–H groups in total. The number of rotatable bonds is 8. The lowest BCUT2D eigenvalue weighted by atomic mass is 10.2. The third-order valence-corrected chi connectivity index (χ3v) is 3.97. The fourth-order valence-corrected chi connectivity index (χ4v) is 2.47. The predicted molar refractivity (Wildman–Crippen MR) is 87.4 cm³/mol. The van der Waals surface area contributed by atoms with Crippen molar-refractivity contribution in [3.05, 3.63) is 28.2 Å². The van der Waals surface area contributed by atoms with Gasteiger partial charge in [0.2, 0.25) is 0 Å². The molecule has 1 unspecified atom stereocenters. The summed E-state index contributed by atoms with van der Waals surface area (Å²) in [6, 6.07) is 6.32. The van der Waals surface area contributed by atoms with Gasteiger partial charge >= 0.3 is 0 Å². The van der Waals surface area contributed by atoms with Crippen LogP contribution >= 0.6 is 15.9 Å². The number of ether oxygens (including phenoxy) is 1. The van der Waals surface area contributed by atoms with Gasteiger partial charge in [-0.2, -0.15) is 0 Å². The fourth-order valence-electron chi connectivity index (χ4n) is 1.95. The molecule has 1 fully saturated rings. The standard InChI is InChI=1S/C16H23BrN2O2/c1-3-8-18-10-12-4-7-15(14(17)9-12)21-11(2)16(20)19-13-5-6-13/h4,7,9,11,13,18H,3,5-6,8,10H2,1-2H3,(H,19,20). The molecule has 1 saturated carbocycles. The van der Waals surface area contributed by atoms with Gasteiger partial charge in [-0.3, -0.25) is 4.79 Å². The first kappa shape index (κ1) is 16.3. The monoisotopic (exact) mass is 354 g/mol. The summed E-state index contributed by atoms with van der Waals surface area (Å²) < 4.78 is 6.62. The van der Waals surface area contributed by atoms with E-state index in [0.29, 0.717) is 11.8 Å². The second-order valence-corrected chi connectivity index (χ2v) is 6.34. The van der Waals surface area contributed by atoms with E-state index in [1.54, 1.807) is 6.92 Å². The molecule has 1 aliphatic rings. The van der Waals surface area contributed by atoms with Gasteiger partial charge in [-0.25, -0.2) is 0 Å². The molecule has 1 aliphatic carbocycles. The Hall–Kier alpha value is -1.07. The van der Waals surface area contributed by atoms with Crippen LogP contribution < -0.4 is 15.4 Å². The van der Waals surface area contributed by atoms with Crippen molar-refractivity contribution in [2.45, 2.75) is 51.8 Å². The third-order valence-electron chi connectivity index (χ3n) is 3.35. The van der Waals surface area contributed by atoms with Gasteiger partial charge in [0.15, 0.2) is 6.10 Å². The van der Waals surface area contributed by atoms with Crippen LogP contribution in [0.2, 0.25) is 0 Å². The van der Waals surface area contributed by atoms with E-state index in [0.717, 1.165) is 36.8 Å². The van der Waals surface area contributed by atoms with Gasteiger partial charge in [-0.15, -0.1) is 0 Å². The average molecular weight is 355 g/mol. The van der Waals surface area contributed by atoms with E-state index < -0.39 is 6.10 Å². The normalized spacial score (nSPS) is 15.6. The van der Waals surface area contributed by atoms with Gasteiger partial charge in [-0.1, -0.05) is 13.0 Å². The van der Waals surface area contributed by atoms with Gasteiger partial charge in [0.1, 0.15) is 5.75 Å². The third kappa shape index (κ3) is 5.32. The summed E-state index contributed by atoms with van der Waals surface area (Å²) in [6.07, 6.45) is 2.81. The molecule has 1 aromatic carbocycles. The molecule has 2 rings (SSSR count). The zero-order valence-corrected chi connectivity index (χ0v) is 14.2. The highest BCUT2D eigenvalue weighted by Gasteiger charge is 2.26. The maximum atomic E-state index is 11.9. The Morgan fingerprint density at radius 1 is 1.48 bits per heavy atom. The fraction of sp³-hybridized carbons (Fsp3) is 0.562. The molecule has 0 aromatic heterocycles. The summed E-state index contributed by atoms with van der Waals surface area (Å²) in [5.41, 5.74) is 1.19. The summed E-state index contributed by atoms with van der Waals surface area (Å²) in [5.74, 6) is 0.658. The Kier molecular flexibility index (Phi) is 6.06. The molecule has 21 heavy (non-hydrogen) atoms. The molecule has 5 heteroatoms. The van der Waals surface area contributed by atoms with Crippen LogP contribution in [-0.2, 0) is 11.3 Å². The van der Waals surface area contributed by atoms with Crippen LogP contribution in [0.4, 0.5) is 0 Å². The molecule has 1 aromatic rings. The largest absolute Gasteiger partial charge is 0.480 e. The minimum Gasteiger partial charge on any atom is -0.480 e. The summed E-state index contributed by atoms with van der Waals surface area (Å²) >= 11 is 3.51. The number of benzene rings is 1. The van der Waals surface area contributed by atoms with Crippen molar-refractivity contribution in [2.75, 3.05) is 6.54 Å². The maximum Gasteiger partial charge on any atom is 0.260 e. The Balaban J connectivity index is 1.88. The minimum absolute atomic E-state index is 0.0434. The lowest BCUT2D eigenvalue weighted by molar-refractivity contribution is -0.127. The van der Waals surface area contributed by atoms with E-state index >= 15 is 0 Å². The van der Waals surface area contributed by atoms with Crippen molar-refractivity contribution >= 4 is 21.8 Å². The van der Waals surface area contributed by atoms with Crippen molar-refractivity contribution in [3.8, 4) is 5.75 Å². The molecule has 0 saturated heterocycles. The second kappa shape index (κ2) is 7.80. The quantitative estimate of drug-likeness (QED) is 0.705. The Morgan fingerprint density at radius 3 is 2.86 bits per heavy atom. The van der Waals surface area contributed by atoms with Crippen molar-refractivity contribution in [2.24, 2.45) is 0 Å². The molecule has 0 aliphatic heterocycles. The van der Waals surface area contributed by atoms with Crippen LogP contribution in [0.25, 0.3) is 0 Å². The van der Waals surface area contributed by atoms with Crippen LogP contribution in [0.15, 0.2) is 22.7 Å². The van der Waals surface area contributed by atoms with Crippen molar-refractivity contribution in [1.82, 2.24) is 10.6 Å². The molecular formula is C16H23BrN2O2. The first-order valence-electron chi connectivity index (χ1n) is 7.56. The van der Waals surface area contributed by atoms with Gasteiger partial charge in [0.25, 0.3) is 5.91 Å². The molecule has 116 valence electrons. The molecule has 4 nitrogen and oxygen atoms in total. The highest BCUT2D eigenvalue weighted by Crippen LogP contribution is 2.27. The number of halogens is 1. The molecule has 0 radical (unpaired) electrons. The van der Waals surface area contributed by atoms with Crippen LogP contribution in [0.1, 0.15) is 38.7 Å².